The van der Waals surface area contributed by atoms with Crippen molar-refractivity contribution in [1.29, 1.82) is 0 Å². The highest BCUT2D eigenvalue weighted by atomic mass is 16.5. The van der Waals surface area contributed by atoms with Crippen LogP contribution in [0.25, 0.3) is 0 Å². The molecule has 1 aliphatic carbocycles. The molecule has 6 nitrogen and oxygen atoms in total. The molecule has 0 saturated carbocycles. The molecule has 6 heteroatoms. The van der Waals surface area contributed by atoms with Gasteiger partial charge in [-0.2, -0.15) is 5.10 Å². The lowest BCUT2D eigenvalue weighted by atomic mass is 9.96. The molecule has 1 saturated heterocycles. The number of aromatic nitrogens is 3. The number of piperidine rings is 1. The molecule has 128 valence electrons. The molecule has 0 spiro atoms. The monoisotopic (exact) mass is 328 g/mol. The predicted octanol–water partition coefficient (Wildman–Crippen LogP) is 1.94. The second kappa shape index (κ2) is 6.51. The third-order valence-electron chi connectivity index (χ3n) is 5.22. The second-order valence-corrected chi connectivity index (χ2v) is 7.14. The first-order valence-electron chi connectivity index (χ1n) is 8.92. The summed E-state index contributed by atoms with van der Waals surface area (Å²) in [5.41, 5.74) is 3.36. The summed E-state index contributed by atoms with van der Waals surface area (Å²) in [5.74, 6) is 1.40. The zero-order chi connectivity index (χ0) is 16.5. The van der Waals surface area contributed by atoms with E-state index in [1.807, 2.05) is 13.0 Å². The standard InChI is InChI=1S/C18H24N4O2/c1-13-9-16(20-24-13)12-21-7-5-14(6-8-21)11-22-18(23)10-15-3-2-4-17(15)19-22/h9-10,14H,2-8,11-12H2,1H3. The van der Waals surface area contributed by atoms with Crippen molar-refractivity contribution in [2.24, 2.45) is 5.92 Å². The van der Waals surface area contributed by atoms with E-state index >= 15 is 0 Å². The maximum absolute atomic E-state index is 12.2. The Bertz CT molecular complexity index is 772. The van der Waals surface area contributed by atoms with E-state index in [0.29, 0.717) is 5.92 Å². The molecule has 2 aromatic heterocycles. The molecule has 0 atom stereocenters. The topological polar surface area (TPSA) is 64.2 Å². The number of hydrogen-bond acceptors (Lipinski definition) is 5. The number of likely N-dealkylation sites (tertiary alicyclic amines) is 1. The Morgan fingerprint density at radius 2 is 2.08 bits per heavy atom. The van der Waals surface area contributed by atoms with Crippen molar-refractivity contribution in [3.63, 3.8) is 0 Å². The number of rotatable bonds is 4. The van der Waals surface area contributed by atoms with E-state index in [-0.39, 0.29) is 5.56 Å². The van der Waals surface area contributed by atoms with Crippen molar-refractivity contribution in [3.8, 4) is 0 Å². The minimum atomic E-state index is 0.0659. The van der Waals surface area contributed by atoms with E-state index in [1.165, 1.54) is 0 Å². The predicted molar refractivity (Wildman–Crippen MR) is 89.8 cm³/mol. The first-order chi connectivity index (χ1) is 11.7. The summed E-state index contributed by atoms with van der Waals surface area (Å²) in [5, 5.41) is 8.67. The van der Waals surface area contributed by atoms with E-state index < -0.39 is 0 Å². The number of aryl methyl sites for hydroxylation is 3. The maximum atomic E-state index is 12.2. The van der Waals surface area contributed by atoms with Gasteiger partial charge < -0.3 is 4.52 Å². The fraction of sp³-hybridized carbons (Fsp3) is 0.611. The van der Waals surface area contributed by atoms with Crippen LogP contribution in [0.1, 0.15) is 42.0 Å². The van der Waals surface area contributed by atoms with Gasteiger partial charge in [-0.1, -0.05) is 5.16 Å². The van der Waals surface area contributed by atoms with Crippen LogP contribution in [0, 0.1) is 12.8 Å². The first-order valence-corrected chi connectivity index (χ1v) is 8.92. The average Bonchev–Trinajstić information content (AvgIpc) is 3.18. The Morgan fingerprint density at radius 3 is 2.83 bits per heavy atom. The molecule has 0 N–H and O–H groups in total. The van der Waals surface area contributed by atoms with Crippen LogP contribution >= 0.6 is 0 Å². The van der Waals surface area contributed by atoms with Gasteiger partial charge in [0.25, 0.3) is 5.56 Å². The van der Waals surface area contributed by atoms with Gasteiger partial charge in [-0.25, -0.2) is 4.68 Å². The summed E-state index contributed by atoms with van der Waals surface area (Å²) < 4.78 is 6.83. The van der Waals surface area contributed by atoms with Gasteiger partial charge in [0.05, 0.1) is 11.4 Å². The lowest BCUT2D eigenvalue weighted by Gasteiger charge is -2.31. The molecule has 2 aromatic rings. The van der Waals surface area contributed by atoms with Crippen LogP contribution in [0.2, 0.25) is 0 Å². The van der Waals surface area contributed by atoms with Crippen LogP contribution in [0.4, 0.5) is 0 Å². The van der Waals surface area contributed by atoms with Crippen LogP contribution < -0.4 is 5.56 Å². The van der Waals surface area contributed by atoms with Crippen molar-refractivity contribution in [1.82, 2.24) is 19.8 Å². The molecular formula is C18H24N4O2. The van der Waals surface area contributed by atoms with Gasteiger partial charge in [0, 0.05) is 25.2 Å². The second-order valence-electron chi connectivity index (χ2n) is 7.14. The van der Waals surface area contributed by atoms with Crippen molar-refractivity contribution in [3.05, 3.63) is 45.2 Å². The van der Waals surface area contributed by atoms with E-state index in [1.54, 1.807) is 10.7 Å². The van der Waals surface area contributed by atoms with Crippen LogP contribution in [0.15, 0.2) is 21.5 Å². The van der Waals surface area contributed by atoms with Crippen molar-refractivity contribution in [2.45, 2.75) is 52.1 Å². The van der Waals surface area contributed by atoms with Gasteiger partial charge in [-0.3, -0.25) is 9.69 Å². The third-order valence-corrected chi connectivity index (χ3v) is 5.22. The largest absolute Gasteiger partial charge is 0.361 e. The first kappa shape index (κ1) is 15.6. The van der Waals surface area contributed by atoms with Crippen LogP contribution in [-0.2, 0) is 25.9 Å². The Morgan fingerprint density at radius 1 is 1.25 bits per heavy atom. The molecule has 0 bridgehead atoms. The maximum Gasteiger partial charge on any atom is 0.267 e. The Kier molecular flexibility index (Phi) is 4.22. The van der Waals surface area contributed by atoms with E-state index in [2.05, 4.69) is 15.2 Å². The third kappa shape index (κ3) is 3.29. The molecule has 1 aliphatic heterocycles. The summed E-state index contributed by atoms with van der Waals surface area (Å²) in [6.07, 6.45) is 5.36. The van der Waals surface area contributed by atoms with Crippen molar-refractivity contribution < 1.29 is 4.52 Å². The van der Waals surface area contributed by atoms with Crippen LogP contribution in [0.3, 0.4) is 0 Å². The van der Waals surface area contributed by atoms with E-state index in [0.717, 1.165) is 81.0 Å². The van der Waals surface area contributed by atoms with E-state index in [9.17, 15) is 4.79 Å². The van der Waals surface area contributed by atoms with Crippen LogP contribution in [0.5, 0.6) is 0 Å². The number of fused-ring (bicyclic) bond motifs is 1. The number of nitrogens with zero attached hydrogens (tertiary/aromatic N) is 4. The molecule has 3 heterocycles. The summed E-state index contributed by atoms with van der Waals surface area (Å²) >= 11 is 0. The summed E-state index contributed by atoms with van der Waals surface area (Å²) in [4.78, 5) is 14.6. The number of hydrogen-bond donors (Lipinski definition) is 0. The fourth-order valence-electron chi connectivity index (χ4n) is 3.86. The van der Waals surface area contributed by atoms with Crippen molar-refractivity contribution in [2.75, 3.05) is 13.1 Å². The van der Waals surface area contributed by atoms with Gasteiger partial charge in [-0.15, -0.1) is 0 Å². The summed E-state index contributed by atoms with van der Waals surface area (Å²) in [6.45, 7) is 5.60. The highest BCUT2D eigenvalue weighted by Gasteiger charge is 2.22. The Labute approximate surface area is 141 Å². The quantitative estimate of drug-likeness (QED) is 0.858. The average molecular weight is 328 g/mol. The lowest BCUT2D eigenvalue weighted by molar-refractivity contribution is 0.160. The van der Waals surface area contributed by atoms with Crippen molar-refractivity contribution >= 4 is 0 Å². The fourth-order valence-corrected chi connectivity index (χ4v) is 3.86. The highest BCUT2D eigenvalue weighted by molar-refractivity contribution is 5.22. The smallest absolute Gasteiger partial charge is 0.267 e. The van der Waals surface area contributed by atoms with Gasteiger partial charge in [-0.05, 0) is 63.6 Å². The molecule has 0 radical (unpaired) electrons. The van der Waals surface area contributed by atoms with Gasteiger partial charge in [0.1, 0.15) is 5.76 Å². The molecule has 2 aliphatic rings. The highest BCUT2D eigenvalue weighted by Crippen LogP contribution is 2.21. The molecule has 0 amide bonds. The molecule has 24 heavy (non-hydrogen) atoms. The molecule has 0 aromatic carbocycles. The molecule has 1 fully saturated rings. The van der Waals surface area contributed by atoms with E-state index in [4.69, 9.17) is 4.52 Å². The Hall–Kier alpha value is -1.95. The lowest BCUT2D eigenvalue weighted by Crippen LogP contribution is -2.36. The SMILES string of the molecule is Cc1cc(CN2CCC(Cn3nc4c(cc3=O)CCC4)CC2)no1. The zero-order valence-electron chi connectivity index (χ0n) is 14.2. The van der Waals surface area contributed by atoms with Gasteiger partial charge in [0.15, 0.2) is 0 Å². The molecular weight excluding hydrogens is 304 g/mol. The summed E-state index contributed by atoms with van der Waals surface area (Å²) in [7, 11) is 0. The zero-order valence-corrected chi connectivity index (χ0v) is 14.2. The van der Waals surface area contributed by atoms with Gasteiger partial charge >= 0.3 is 0 Å². The minimum absolute atomic E-state index is 0.0659. The van der Waals surface area contributed by atoms with Crippen LogP contribution in [-0.4, -0.2) is 32.9 Å². The van der Waals surface area contributed by atoms with Gasteiger partial charge in [0.2, 0.25) is 0 Å². The molecule has 4 rings (SSSR count). The Balaban J connectivity index is 1.34. The normalized spacial score (nSPS) is 18.9. The molecule has 0 unspecified atom stereocenters. The minimum Gasteiger partial charge on any atom is -0.361 e. The summed E-state index contributed by atoms with van der Waals surface area (Å²) in [6, 6.07) is 3.80.